The van der Waals surface area contributed by atoms with Crippen molar-refractivity contribution in [1.82, 2.24) is 10.2 Å². The first-order chi connectivity index (χ1) is 9.11. The maximum absolute atomic E-state index is 12.1. The number of carbonyl (C=O) groups excluding carboxylic acids is 1. The number of morpholine rings is 1. The zero-order valence-electron chi connectivity index (χ0n) is 12.4. The third-order valence-corrected chi connectivity index (χ3v) is 4.42. The van der Waals surface area contributed by atoms with E-state index in [4.69, 9.17) is 4.74 Å². The van der Waals surface area contributed by atoms with Crippen LogP contribution in [0.25, 0.3) is 0 Å². The molecule has 4 nitrogen and oxygen atoms in total. The minimum atomic E-state index is 0.0957. The lowest BCUT2D eigenvalue weighted by Gasteiger charge is -2.33. The summed E-state index contributed by atoms with van der Waals surface area (Å²) in [6, 6.07) is 0.0957. The van der Waals surface area contributed by atoms with Crippen LogP contribution in [0.1, 0.15) is 46.0 Å². The molecule has 1 heterocycles. The van der Waals surface area contributed by atoms with Gasteiger partial charge in [0.25, 0.3) is 0 Å². The van der Waals surface area contributed by atoms with E-state index in [-0.39, 0.29) is 6.03 Å². The van der Waals surface area contributed by atoms with Gasteiger partial charge in [-0.05, 0) is 30.6 Å². The third-order valence-electron chi connectivity index (χ3n) is 4.42. The van der Waals surface area contributed by atoms with Crippen LogP contribution in [0, 0.1) is 11.3 Å². The van der Waals surface area contributed by atoms with Crippen LogP contribution in [0.5, 0.6) is 0 Å². The molecule has 1 saturated heterocycles. The second kappa shape index (κ2) is 6.60. The Labute approximate surface area is 116 Å². The number of urea groups is 1. The van der Waals surface area contributed by atoms with Gasteiger partial charge in [-0.1, -0.05) is 26.7 Å². The van der Waals surface area contributed by atoms with Crippen molar-refractivity contribution in [3.63, 3.8) is 0 Å². The third kappa shape index (κ3) is 4.10. The highest BCUT2D eigenvalue weighted by Crippen LogP contribution is 2.42. The summed E-state index contributed by atoms with van der Waals surface area (Å²) in [5.41, 5.74) is 0.357. The number of rotatable bonds is 4. The highest BCUT2D eigenvalue weighted by Gasteiger charge is 2.35. The van der Waals surface area contributed by atoms with E-state index in [1.54, 1.807) is 0 Å². The van der Waals surface area contributed by atoms with Gasteiger partial charge < -0.3 is 15.0 Å². The zero-order chi connectivity index (χ0) is 13.7. The van der Waals surface area contributed by atoms with Crippen molar-refractivity contribution in [2.75, 3.05) is 32.8 Å². The molecule has 0 unspecified atom stereocenters. The maximum atomic E-state index is 12.1. The predicted octanol–water partition coefficient (Wildman–Crippen LogP) is 2.63. The number of nitrogens with one attached hydrogen (secondary N) is 1. The van der Waals surface area contributed by atoms with Gasteiger partial charge in [0.1, 0.15) is 0 Å². The summed E-state index contributed by atoms with van der Waals surface area (Å²) in [6.45, 7) is 8.20. The normalized spacial score (nSPS) is 22.8. The Morgan fingerprint density at radius 3 is 2.47 bits per heavy atom. The van der Waals surface area contributed by atoms with Crippen molar-refractivity contribution < 1.29 is 9.53 Å². The first-order valence-electron chi connectivity index (χ1n) is 7.72. The molecule has 0 aromatic rings. The van der Waals surface area contributed by atoms with Gasteiger partial charge in [-0.25, -0.2) is 4.79 Å². The van der Waals surface area contributed by atoms with Crippen LogP contribution in [-0.2, 0) is 4.74 Å². The van der Waals surface area contributed by atoms with Gasteiger partial charge in [-0.15, -0.1) is 0 Å². The Kier molecular flexibility index (Phi) is 5.08. The second-order valence-corrected chi connectivity index (χ2v) is 6.56. The molecule has 4 heteroatoms. The summed E-state index contributed by atoms with van der Waals surface area (Å²) in [7, 11) is 0. The van der Waals surface area contributed by atoms with Gasteiger partial charge in [0, 0.05) is 19.6 Å². The molecule has 19 heavy (non-hydrogen) atoms. The Balaban J connectivity index is 1.82. The van der Waals surface area contributed by atoms with Crippen molar-refractivity contribution in [3.05, 3.63) is 0 Å². The van der Waals surface area contributed by atoms with Crippen LogP contribution in [-0.4, -0.2) is 43.8 Å². The fraction of sp³-hybridized carbons (Fsp3) is 0.933. The van der Waals surface area contributed by atoms with Crippen molar-refractivity contribution in [2.24, 2.45) is 11.3 Å². The highest BCUT2D eigenvalue weighted by atomic mass is 16.5. The Hall–Kier alpha value is -0.770. The standard InChI is InChI=1S/C15H28N2O2/c1-13(2)11-15(5-3-4-6-15)12-16-14(18)17-7-9-19-10-8-17/h13H,3-12H2,1-2H3,(H,16,18). The molecule has 0 bridgehead atoms. The van der Waals surface area contributed by atoms with Crippen LogP contribution in [0.15, 0.2) is 0 Å². The number of carbonyl (C=O) groups is 1. The number of hydrogen-bond donors (Lipinski definition) is 1. The molecule has 1 aliphatic carbocycles. The molecular weight excluding hydrogens is 240 g/mol. The maximum Gasteiger partial charge on any atom is 0.317 e. The van der Waals surface area contributed by atoms with Gasteiger partial charge in [-0.2, -0.15) is 0 Å². The van der Waals surface area contributed by atoms with E-state index in [0.717, 1.165) is 19.6 Å². The van der Waals surface area contributed by atoms with Gasteiger partial charge in [0.15, 0.2) is 0 Å². The average Bonchev–Trinajstić information content (AvgIpc) is 2.85. The molecule has 0 spiro atoms. The first kappa shape index (κ1) is 14.6. The SMILES string of the molecule is CC(C)CC1(CNC(=O)N2CCOCC2)CCCC1. The molecule has 1 N–H and O–H groups in total. The average molecular weight is 268 g/mol. The van der Waals surface area contributed by atoms with Gasteiger partial charge in [0.05, 0.1) is 13.2 Å². The molecule has 1 saturated carbocycles. The smallest absolute Gasteiger partial charge is 0.317 e. The van der Waals surface area contributed by atoms with E-state index in [0.29, 0.717) is 24.5 Å². The summed E-state index contributed by atoms with van der Waals surface area (Å²) < 4.78 is 5.28. The zero-order valence-corrected chi connectivity index (χ0v) is 12.4. The summed E-state index contributed by atoms with van der Waals surface area (Å²) in [4.78, 5) is 14.0. The minimum Gasteiger partial charge on any atom is -0.378 e. The number of hydrogen-bond acceptors (Lipinski definition) is 2. The van der Waals surface area contributed by atoms with Gasteiger partial charge in [-0.3, -0.25) is 0 Å². The number of nitrogens with zero attached hydrogens (tertiary/aromatic N) is 1. The van der Waals surface area contributed by atoms with Crippen LogP contribution in [0.3, 0.4) is 0 Å². The Morgan fingerprint density at radius 2 is 1.89 bits per heavy atom. The Bertz CT molecular complexity index is 293. The van der Waals surface area contributed by atoms with E-state index in [1.165, 1.54) is 32.1 Å². The fourth-order valence-corrected chi connectivity index (χ4v) is 3.59. The Morgan fingerprint density at radius 1 is 1.26 bits per heavy atom. The molecule has 0 aromatic carbocycles. The molecule has 2 fully saturated rings. The molecule has 2 amide bonds. The number of amides is 2. The molecule has 0 atom stereocenters. The van der Waals surface area contributed by atoms with E-state index < -0.39 is 0 Å². The predicted molar refractivity (Wildman–Crippen MR) is 76.1 cm³/mol. The highest BCUT2D eigenvalue weighted by molar-refractivity contribution is 5.74. The quantitative estimate of drug-likeness (QED) is 0.851. The molecule has 0 aromatic heterocycles. The van der Waals surface area contributed by atoms with E-state index in [9.17, 15) is 4.79 Å². The van der Waals surface area contributed by atoms with Crippen molar-refractivity contribution >= 4 is 6.03 Å². The summed E-state index contributed by atoms with van der Waals surface area (Å²) >= 11 is 0. The first-order valence-corrected chi connectivity index (χ1v) is 7.72. The van der Waals surface area contributed by atoms with Crippen molar-refractivity contribution in [2.45, 2.75) is 46.0 Å². The molecule has 2 rings (SSSR count). The molecular formula is C15H28N2O2. The number of ether oxygens (including phenoxy) is 1. The second-order valence-electron chi connectivity index (χ2n) is 6.56. The summed E-state index contributed by atoms with van der Waals surface area (Å²) in [5.74, 6) is 0.707. The van der Waals surface area contributed by atoms with Crippen LogP contribution < -0.4 is 5.32 Å². The fourth-order valence-electron chi connectivity index (χ4n) is 3.59. The van der Waals surface area contributed by atoms with E-state index in [1.807, 2.05) is 4.90 Å². The van der Waals surface area contributed by atoms with E-state index >= 15 is 0 Å². The van der Waals surface area contributed by atoms with Crippen molar-refractivity contribution in [3.8, 4) is 0 Å². The molecule has 0 radical (unpaired) electrons. The van der Waals surface area contributed by atoms with Crippen LogP contribution in [0.4, 0.5) is 4.79 Å². The largest absolute Gasteiger partial charge is 0.378 e. The van der Waals surface area contributed by atoms with Gasteiger partial charge >= 0.3 is 6.03 Å². The lowest BCUT2D eigenvalue weighted by molar-refractivity contribution is 0.0521. The lowest BCUT2D eigenvalue weighted by atomic mass is 9.78. The monoisotopic (exact) mass is 268 g/mol. The lowest BCUT2D eigenvalue weighted by Crippen LogP contribution is -2.48. The topological polar surface area (TPSA) is 41.6 Å². The van der Waals surface area contributed by atoms with Crippen LogP contribution in [0.2, 0.25) is 0 Å². The van der Waals surface area contributed by atoms with Crippen molar-refractivity contribution in [1.29, 1.82) is 0 Å². The summed E-state index contributed by atoms with van der Waals surface area (Å²) in [5, 5.41) is 3.17. The van der Waals surface area contributed by atoms with Crippen LogP contribution >= 0.6 is 0 Å². The molecule has 2 aliphatic rings. The molecule has 110 valence electrons. The van der Waals surface area contributed by atoms with E-state index in [2.05, 4.69) is 19.2 Å². The molecule has 1 aliphatic heterocycles. The van der Waals surface area contributed by atoms with Gasteiger partial charge in [0.2, 0.25) is 0 Å². The minimum absolute atomic E-state index is 0.0957. The summed E-state index contributed by atoms with van der Waals surface area (Å²) in [6.07, 6.45) is 6.42.